The van der Waals surface area contributed by atoms with Gasteiger partial charge in [-0.15, -0.1) is 0 Å². The van der Waals surface area contributed by atoms with E-state index in [0.717, 1.165) is 6.42 Å². The predicted molar refractivity (Wildman–Crippen MR) is 72.7 cm³/mol. The van der Waals surface area contributed by atoms with E-state index < -0.39 is 0 Å². The van der Waals surface area contributed by atoms with Gasteiger partial charge >= 0.3 is 0 Å². The molecule has 98 valence electrons. The van der Waals surface area contributed by atoms with E-state index in [1.807, 2.05) is 0 Å². The molecule has 0 fully saturated rings. The Labute approximate surface area is 103 Å². The quantitative estimate of drug-likeness (QED) is 0.526. The van der Waals surface area contributed by atoms with Crippen molar-refractivity contribution in [3.8, 4) is 0 Å². The molecular formula is C15H32O. The van der Waals surface area contributed by atoms with Crippen LogP contribution in [-0.2, 0) is 0 Å². The molecule has 1 atom stereocenters. The molecule has 0 amide bonds. The Morgan fingerprint density at radius 3 is 2.00 bits per heavy atom. The average molecular weight is 228 g/mol. The van der Waals surface area contributed by atoms with Crippen molar-refractivity contribution in [3.05, 3.63) is 0 Å². The van der Waals surface area contributed by atoms with Gasteiger partial charge in [0.2, 0.25) is 0 Å². The van der Waals surface area contributed by atoms with E-state index >= 15 is 0 Å². The van der Waals surface area contributed by atoms with Crippen LogP contribution in [-0.4, -0.2) is 11.2 Å². The Balaban J connectivity index is 3.72. The van der Waals surface area contributed by atoms with Crippen molar-refractivity contribution in [2.24, 2.45) is 5.41 Å². The Bertz CT molecular complexity index is 152. The highest BCUT2D eigenvalue weighted by Crippen LogP contribution is 2.30. The van der Waals surface area contributed by atoms with Crippen molar-refractivity contribution in [3.63, 3.8) is 0 Å². The summed E-state index contributed by atoms with van der Waals surface area (Å²) in [7, 11) is 0. The van der Waals surface area contributed by atoms with Gasteiger partial charge < -0.3 is 5.11 Å². The molecule has 0 aromatic heterocycles. The van der Waals surface area contributed by atoms with Crippen LogP contribution in [0.25, 0.3) is 0 Å². The second kappa shape index (κ2) is 9.04. The van der Waals surface area contributed by atoms with Crippen molar-refractivity contribution in [2.75, 3.05) is 0 Å². The second-order valence-electron chi connectivity index (χ2n) is 5.81. The molecular weight excluding hydrogens is 196 g/mol. The first kappa shape index (κ1) is 16.0. The molecule has 1 unspecified atom stereocenters. The summed E-state index contributed by atoms with van der Waals surface area (Å²) in [6, 6.07) is 0. The minimum Gasteiger partial charge on any atom is -0.393 e. The Morgan fingerprint density at radius 2 is 1.44 bits per heavy atom. The minimum atomic E-state index is -0.110. The fourth-order valence-electron chi connectivity index (χ4n) is 2.15. The van der Waals surface area contributed by atoms with Crippen molar-refractivity contribution in [1.29, 1.82) is 0 Å². The van der Waals surface area contributed by atoms with Crippen LogP contribution in [0, 0.1) is 5.41 Å². The molecule has 1 heteroatoms. The summed E-state index contributed by atoms with van der Waals surface area (Å²) in [6.07, 6.45) is 10.9. The summed E-state index contributed by atoms with van der Waals surface area (Å²) in [6.45, 7) is 8.89. The summed E-state index contributed by atoms with van der Waals surface area (Å²) in [5.74, 6) is 0. The maximum Gasteiger partial charge on any atom is 0.0591 e. The third-order valence-electron chi connectivity index (χ3n) is 3.66. The van der Waals surface area contributed by atoms with Gasteiger partial charge in [0.05, 0.1) is 6.10 Å². The van der Waals surface area contributed by atoms with Gasteiger partial charge in [-0.05, 0) is 18.3 Å². The third kappa shape index (κ3) is 7.27. The van der Waals surface area contributed by atoms with E-state index in [4.69, 9.17) is 0 Å². The van der Waals surface area contributed by atoms with Crippen molar-refractivity contribution in [1.82, 2.24) is 0 Å². The number of rotatable bonds is 10. The Morgan fingerprint density at radius 1 is 0.875 bits per heavy atom. The van der Waals surface area contributed by atoms with Gasteiger partial charge in [-0.2, -0.15) is 0 Å². The van der Waals surface area contributed by atoms with Gasteiger partial charge in [0.15, 0.2) is 0 Å². The zero-order chi connectivity index (χ0) is 12.4. The molecule has 0 radical (unpaired) electrons. The molecule has 0 aliphatic heterocycles. The maximum atomic E-state index is 10.2. The topological polar surface area (TPSA) is 20.2 Å². The fourth-order valence-corrected chi connectivity index (χ4v) is 2.15. The van der Waals surface area contributed by atoms with Crippen LogP contribution in [0.3, 0.4) is 0 Å². The summed E-state index contributed by atoms with van der Waals surface area (Å²) >= 11 is 0. The van der Waals surface area contributed by atoms with E-state index in [1.54, 1.807) is 0 Å². The maximum absolute atomic E-state index is 10.2. The molecule has 0 bridgehead atoms. The largest absolute Gasteiger partial charge is 0.393 e. The van der Waals surface area contributed by atoms with E-state index in [2.05, 4.69) is 27.7 Å². The van der Waals surface area contributed by atoms with Crippen molar-refractivity contribution in [2.45, 2.75) is 91.6 Å². The van der Waals surface area contributed by atoms with Gasteiger partial charge in [-0.25, -0.2) is 0 Å². The zero-order valence-electron chi connectivity index (χ0n) is 11.9. The molecule has 0 rings (SSSR count). The lowest BCUT2D eigenvalue weighted by atomic mass is 9.79. The van der Waals surface area contributed by atoms with Gasteiger partial charge in [0.25, 0.3) is 0 Å². The van der Waals surface area contributed by atoms with Gasteiger partial charge in [-0.1, -0.05) is 72.6 Å². The molecule has 0 aromatic rings. The zero-order valence-corrected chi connectivity index (χ0v) is 11.9. The van der Waals surface area contributed by atoms with Gasteiger partial charge in [0.1, 0.15) is 0 Å². The summed E-state index contributed by atoms with van der Waals surface area (Å²) in [5.41, 5.74) is 0.113. The van der Waals surface area contributed by atoms with Crippen molar-refractivity contribution >= 4 is 0 Å². The van der Waals surface area contributed by atoms with Gasteiger partial charge in [-0.3, -0.25) is 0 Å². The normalized spacial score (nSPS) is 14.1. The summed E-state index contributed by atoms with van der Waals surface area (Å²) in [5, 5.41) is 10.2. The van der Waals surface area contributed by atoms with Gasteiger partial charge in [0, 0.05) is 0 Å². The monoisotopic (exact) mass is 228 g/mol. The van der Waals surface area contributed by atoms with Crippen LogP contribution in [0.1, 0.15) is 85.5 Å². The average Bonchev–Trinajstić information content (AvgIpc) is 2.24. The molecule has 0 aliphatic carbocycles. The first-order valence-corrected chi connectivity index (χ1v) is 7.22. The highest BCUT2D eigenvalue weighted by molar-refractivity contribution is 4.77. The Hall–Kier alpha value is -0.0400. The van der Waals surface area contributed by atoms with Crippen LogP contribution in [0.4, 0.5) is 0 Å². The van der Waals surface area contributed by atoms with Crippen LogP contribution in [0.15, 0.2) is 0 Å². The van der Waals surface area contributed by atoms with Crippen LogP contribution in [0.5, 0.6) is 0 Å². The molecule has 0 aromatic carbocycles. The number of hydrogen-bond donors (Lipinski definition) is 1. The minimum absolute atomic E-state index is 0.110. The highest BCUT2D eigenvalue weighted by atomic mass is 16.3. The number of aliphatic hydroxyl groups excluding tert-OH is 1. The predicted octanol–water partition coefficient (Wildman–Crippen LogP) is 4.92. The number of hydrogen-bond acceptors (Lipinski definition) is 1. The molecule has 0 saturated heterocycles. The molecule has 0 heterocycles. The van der Waals surface area contributed by atoms with Crippen LogP contribution >= 0.6 is 0 Å². The number of unbranched alkanes of at least 4 members (excludes halogenated alkanes) is 5. The lowest BCUT2D eigenvalue weighted by Gasteiger charge is -2.30. The lowest BCUT2D eigenvalue weighted by Crippen LogP contribution is -2.29. The SMILES string of the molecule is CCCCCCC(C)(C)C(O)CCCCC. The molecule has 0 aliphatic rings. The van der Waals surface area contributed by atoms with E-state index in [-0.39, 0.29) is 11.5 Å². The first-order chi connectivity index (χ1) is 7.54. The van der Waals surface area contributed by atoms with E-state index in [0.29, 0.717) is 0 Å². The van der Waals surface area contributed by atoms with Crippen molar-refractivity contribution < 1.29 is 5.11 Å². The molecule has 0 spiro atoms. The smallest absolute Gasteiger partial charge is 0.0591 e. The summed E-state index contributed by atoms with van der Waals surface area (Å²) < 4.78 is 0. The highest BCUT2D eigenvalue weighted by Gasteiger charge is 2.26. The molecule has 16 heavy (non-hydrogen) atoms. The van der Waals surface area contributed by atoms with E-state index in [1.165, 1.54) is 51.4 Å². The van der Waals surface area contributed by atoms with Crippen LogP contribution in [0.2, 0.25) is 0 Å². The van der Waals surface area contributed by atoms with Crippen LogP contribution < -0.4 is 0 Å². The molecule has 0 saturated carbocycles. The third-order valence-corrected chi connectivity index (χ3v) is 3.66. The molecule has 1 N–H and O–H groups in total. The van der Waals surface area contributed by atoms with E-state index in [9.17, 15) is 5.11 Å². The first-order valence-electron chi connectivity index (χ1n) is 7.22. The standard InChI is InChI=1S/C15H32O/c1-5-7-9-11-13-15(3,4)14(16)12-10-8-6-2/h14,16H,5-13H2,1-4H3. The number of aliphatic hydroxyl groups is 1. The Kier molecular flexibility index (Phi) is 9.02. The fraction of sp³-hybridized carbons (Fsp3) is 1.00. The summed E-state index contributed by atoms with van der Waals surface area (Å²) in [4.78, 5) is 0. The second-order valence-corrected chi connectivity index (χ2v) is 5.81. The lowest BCUT2D eigenvalue weighted by molar-refractivity contribution is 0.0334. The molecule has 1 nitrogen and oxygen atoms in total.